The van der Waals surface area contributed by atoms with Crippen molar-refractivity contribution in [1.29, 1.82) is 0 Å². The number of sulfonamides is 1. The van der Waals surface area contributed by atoms with Gasteiger partial charge in [-0.2, -0.15) is 0 Å². The van der Waals surface area contributed by atoms with Gasteiger partial charge in [0, 0.05) is 37.5 Å². The summed E-state index contributed by atoms with van der Waals surface area (Å²) in [7, 11) is -2.99. The van der Waals surface area contributed by atoms with Crippen LogP contribution in [0.1, 0.15) is 47.2 Å². The van der Waals surface area contributed by atoms with Gasteiger partial charge in [-0.05, 0) is 62.7 Å². The highest BCUT2D eigenvalue weighted by molar-refractivity contribution is 7.92. The molecule has 0 spiro atoms. The molecule has 252 valence electrons. The summed E-state index contributed by atoms with van der Waals surface area (Å²) < 4.78 is 59.7. The number of carboxylic acids is 1. The van der Waals surface area contributed by atoms with Gasteiger partial charge in [-0.3, -0.25) is 19.1 Å². The number of hydrogen-bond donors (Lipinski definition) is 4. The number of aromatic nitrogens is 3. The number of carbonyl (C=O) groups is 3. The number of pyridine rings is 1. The predicted octanol–water partition coefficient (Wildman–Crippen LogP) is 1.96. The minimum absolute atomic E-state index is 0.0656. The smallest absolute Gasteiger partial charge is 0.335 e. The molecule has 0 fully saturated rings. The first-order chi connectivity index (χ1) is 22.4. The number of nitrogens with one attached hydrogen (secondary N) is 3. The Morgan fingerprint density at radius 1 is 0.958 bits per heavy atom. The van der Waals surface area contributed by atoms with Gasteiger partial charge in [0.05, 0.1) is 11.4 Å². The fourth-order valence-corrected chi connectivity index (χ4v) is 5.38. The van der Waals surface area contributed by atoms with Gasteiger partial charge >= 0.3 is 11.7 Å². The molecule has 14 nitrogen and oxygen atoms in total. The molecule has 0 aliphatic heterocycles. The SMILES string of the molecule is Cn1ccc(=O)n(-c2ccc(C[C@H](NC(=O)c3c(F)cc(NS(=O)(=O)c4ccc(C(=O)NC(C)(C)C)nc4)cc3F)C(=O)O)cc2)c1=O. The van der Waals surface area contributed by atoms with Crippen LogP contribution in [0, 0.1) is 11.6 Å². The molecule has 0 aliphatic rings. The number of carboxylic acid groups (broad SMARTS) is 1. The van der Waals surface area contributed by atoms with Crippen LogP contribution in [0.25, 0.3) is 5.69 Å². The second-order valence-electron chi connectivity index (χ2n) is 11.6. The third-order valence-corrected chi connectivity index (χ3v) is 8.05. The average Bonchev–Trinajstić information content (AvgIpc) is 2.98. The maximum atomic E-state index is 15.0. The van der Waals surface area contributed by atoms with Crippen LogP contribution in [0.15, 0.2) is 81.5 Å². The van der Waals surface area contributed by atoms with Crippen LogP contribution in [0.2, 0.25) is 0 Å². The molecular formula is C31H30F2N6O8S. The standard InChI is InChI=1S/C31H30F2N6O8S/c1-31(2,3)36-27(41)23-10-9-20(16-34-23)48(46,47)37-18-14-21(32)26(22(33)15-18)28(42)35-24(29(43)44)13-17-5-7-19(8-6-17)39-25(40)11-12-38(4)30(39)45/h5-12,14-16,24,37H,13H2,1-4H3,(H,35,42)(H,36,41)(H,43,44)/t24-/m0/s1. The van der Waals surface area contributed by atoms with E-state index in [2.05, 4.69) is 15.6 Å². The molecule has 0 aliphatic carbocycles. The van der Waals surface area contributed by atoms with Crippen LogP contribution in [0.5, 0.6) is 0 Å². The lowest BCUT2D eigenvalue weighted by Gasteiger charge is -2.20. The van der Waals surface area contributed by atoms with Crippen LogP contribution >= 0.6 is 0 Å². The zero-order chi connectivity index (χ0) is 35.6. The molecule has 48 heavy (non-hydrogen) atoms. The number of hydrogen-bond acceptors (Lipinski definition) is 8. The number of anilines is 1. The van der Waals surface area contributed by atoms with Crippen molar-refractivity contribution in [2.75, 3.05) is 4.72 Å². The highest BCUT2D eigenvalue weighted by Gasteiger charge is 2.27. The molecule has 0 radical (unpaired) electrons. The van der Waals surface area contributed by atoms with Gasteiger partial charge in [0.15, 0.2) is 0 Å². The number of amides is 2. The number of carbonyl (C=O) groups excluding carboxylic acids is 2. The quantitative estimate of drug-likeness (QED) is 0.193. The number of rotatable bonds is 10. The third kappa shape index (κ3) is 8.16. The topological polar surface area (TPSA) is 199 Å². The molecule has 1 atom stereocenters. The van der Waals surface area contributed by atoms with E-state index in [4.69, 9.17) is 0 Å². The Labute approximate surface area is 272 Å². The van der Waals surface area contributed by atoms with E-state index in [-0.39, 0.29) is 17.8 Å². The molecule has 2 amide bonds. The Hall–Kier alpha value is -5.71. The van der Waals surface area contributed by atoms with E-state index in [1.165, 1.54) is 48.1 Å². The number of halogens is 2. The lowest BCUT2D eigenvalue weighted by Crippen LogP contribution is -2.43. The van der Waals surface area contributed by atoms with Gasteiger partial charge in [0.25, 0.3) is 27.4 Å². The van der Waals surface area contributed by atoms with Gasteiger partial charge in [0.1, 0.15) is 33.8 Å². The van der Waals surface area contributed by atoms with Crippen LogP contribution in [0.4, 0.5) is 14.5 Å². The molecule has 2 heterocycles. The number of aliphatic carboxylic acids is 1. The van der Waals surface area contributed by atoms with Gasteiger partial charge in [-0.1, -0.05) is 12.1 Å². The molecule has 4 aromatic rings. The van der Waals surface area contributed by atoms with Gasteiger partial charge < -0.3 is 20.3 Å². The van der Waals surface area contributed by atoms with Crippen molar-refractivity contribution < 1.29 is 36.7 Å². The molecule has 0 bridgehead atoms. The molecule has 0 unspecified atom stereocenters. The maximum Gasteiger partial charge on any atom is 0.335 e. The fourth-order valence-electron chi connectivity index (χ4n) is 4.39. The van der Waals surface area contributed by atoms with Crippen LogP contribution in [-0.4, -0.2) is 57.0 Å². The van der Waals surface area contributed by atoms with E-state index in [0.717, 1.165) is 22.9 Å². The fraction of sp³-hybridized carbons (Fsp3) is 0.226. The molecular weight excluding hydrogens is 654 g/mol. The minimum atomic E-state index is -4.44. The second kappa shape index (κ2) is 13.6. The van der Waals surface area contributed by atoms with Crippen LogP contribution in [0.3, 0.4) is 0 Å². The maximum absolute atomic E-state index is 15.0. The van der Waals surface area contributed by atoms with Crippen molar-refractivity contribution >= 4 is 33.5 Å². The first-order valence-electron chi connectivity index (χ1n) is 14.1. The highest BCUT2D eigenvalue weighted by Crippen LogP contribution is 2.22. The summed E-state index contributed by atoms with van der Waals surface area (Å²) in [5, 5.41) is 14.4. The van der Waals surface area contributed by atoms with Gasteiger partial charge in [-0.25, -0.2) is 36.3 Å². The summed E-state index contributed by atoms with van der Waals surface area (Å²) in [6, 6.07) is 8.47. The van der Waals surface area contributed by atoms with Crippen molar-refractivity contribution in [3.8, 4) is 5.69 Å². The van der Waals surface area contributed by atoms with Crippen molar-refractivity contribution in [3.63, 3.8) is 0 Å². The monoisotopic (exact) mass is 684 g/mol. The average molecular weight is 685 g/mol. The van der Waals surface area contributed by atoms with E-state index < -0.39 is 78.4 Å². The van der Waals surface area contributed by atoms with E-state index >= 15 is 0 Å². The lowest BCUT2D eigenvalue weighted by molar-refractivity contribution is -0.139. The third-order valence-electron chi connectivity index (χ3n) is 6.68. The zero-order valence-electron chi connectivity index (χ0n) is 25.9. The molecule has 0 saturated heterocycles. The van der Waals surface area contributed by atoms with Crippen LogP contribution in [-0.2, 0) is 28.3 Å². The minimum Gasteiger partial charge on any atom is -0.480 e. The van der Waals surface area contributed by atoms with E-state index in [1.54, 1.807) is 20.8 Å². The molecule has 0 saturated carbocycles. The van der Waals surface area contributed by atoms with Crippen molar-refractivity contribution in [3.05, 3.63) is 116 Å². The number of benzene rings is 2. The van der Waals surface area contributed by atoms with Crippen molar-refractivity contribution in [2.24, 2.45) is 7.05 Å². The molecule has 2 aromatic heterocycles. The summed E-state index contributed by atoms with van der Waals surface area (Å²) >= 11 is 0. The Morgan fingerprint density at radius 2 is 1.58 bits per heavy atom. The van der Waals surface area contributed by atoms with E-state index in [9.17, 15) is 46.3 Å². The van der Waals surface area contributed by atoms with Crippen molar-refractivity contribution in [2.45, 2.75) is 43.7 Å². The molecule has 4 rings (SSSR count). The zero-order valence-corrected chi connectivity index (χ0v) is 26.8. The Balaban J connectivity index is 1.48. The summed E-state index contributed by atoms with van der Waals surface area (Å²) in [4.78, 5) is 65.0. The van der Waals surface area contributed by atoms with Crippen LogP contribution < -0.4 is 26.6 Å². The normalized spacial score (nSPS) is 12.2. The lowest BCUT2D eigenvalue weighted by atomic mass is 10.0. The summed E-state index contributed by atoms with van der Waals surface area (Å²) in [6.07, 6.45) is 1.86. The van der Waals surface area contributed by atoms with Gasteiger partial charge in [-0.15, -0.1) is 0 Å². The largest absolute Gasteiger partial charge is 0.480 e. The Morgan fingerprint density at radius 3 is 2.12 bits per heavy atom. The Kier molecular flexibility index (Phi) is 9.93. The first-order valence-corrected chi connectivity index (χ1v) is 15.6. The van der Waals surface area contributed by atoms with Crippen molar-refractivity contribution in [1.82, 2.24) is 24.8 Å². The molecule has 2 aromatic carbocycles. The summed E-state index contributed by atoms with van der Waals surface area (Å²) in [5.41, 5.74) is -3.02. The summed E-state index contributed by atoms with van der Waals surface area (Å²) in [5.74, 6) is -6.46. The second-order valence-corrected chi connectivity index (χ2v) is 13.3. The Bertz CT molecular complexity index is 2100. The summed E-state index contributed by atoms with van der Waals surface area (Å²) in [6.45, 7) is 5.24. The number of nitrogens with zero attached hydrogens (tertiary/aromatic N) is 3. The highest BCUT2D eigenvalue weighted by atomic mass is 32.2. The number of aryl methyl sites for hydroxylation is 1. The molecule has 4 N–H and O–H groups in total. The van der Waals surface area contributed by atoms with Gasteiger partial charge in [0.2, 0.25) is 0 Å². The molecule has 17 heteroatoms. The predicted molar refractivity (Wildman–Crippen MR) is 168 cm³/mol. The van der Waals surface area contributed by atoms with E-state index in [0.29, 0.717) is 17.7 Å². The first kappa shape index (κ1) is 35.1. The van der Waals surface area contributed by atoms with E-state index in [1.807, 2.05) is 4.72 Å².